The van der Waals surface area contributed by atoms with E-state index >= 15 is 0 Å². The molecule has 8 nitrogen and oxygen atoms in total. The number of carbonyl (C=O) groups is 1. The van der Waals surface area contributed by atoms with E-state index in [-0.39, 0.29) is 11.4 Å². The maximum absolute atomic E-state index is 11.1. The van der Waals surface area contributed by atoms with Crippen LogP contribution in [-0.4, -0.2) is 35.3 Å². The van der Waals surface area contributed by atoms with Gasteiger partial charge in [0.1, 0.15) is 0 Å². The van der Waals surface area contributed by atoms with Gasteiger partial charge in [0.05, 0.1) is 29.9 Å². The number of anilines is 2. The molecule has 0 radical (unpaired) electrons. The summed E-state index contributed by atoms with van der Waals surface area (Å²) in [5.74, 6) is -1.59. The maximum atomic E-state index is 11.1. The van der Waals surface area contributed by atoms with Crippen molar-refractivity contribution in [2.24, 2.45) is 0 Å². The highest BCUT2D eigenvalue weighted by atomic mass is 32.2. The SMILES string of the molecule is CS(=O)(=O)Nc1ccc(C(=O)[O-])c(NS(C)(=O)=O)c1. The van der Waals surface area contributed by atoms with E-state index in [1.807, 2.05) is 4.72 Å². The van der Waals surface area contributed by atoms with Crippen molar-refractivity contribution < 1.29 is 26.7 Å². The van der Waals surface area contributed by atoms with Gasteiger partial charge in [-0.2, -0.15) is 0 Å². The van der Waals surface area contributed by atoms with Gasteiger partial charge in [-0.25, -0.2) is 16.8 Å². The molecular formula is C9H11N2O6S2-. The molecule has 1 aromatic rings. The second-order valence-corrected chi connectivity index (χ2v) is 7.29. The lowest BCUT2D eigenvalue weighted by molar-refractivity contribution is -0.254. The molecular weight excluding hydrogens is 296 g/mol. The minimum atomic E-state index is -3.71. The number of rotatable bonds is 5. The molecule has 1 rings (SSSR count). The van der Waals surface area contributed by atoms with E-state index in [1.54, 1.807) is 0 Å². The molecule has 10 heteroatoms. The smallest absolute Gasteiger partial charge is 0.229 e. The lowest BCUT2D eigenvalue weighted by Gasteiger charge is -2.13. The van der Waals surface area contributed by atoms with Crippen molar-refractivity contribution in [3.8, 4) is 0 Å². The van der Waals surface area contributed by atoms with Crippen molar-refractivity contribution in [2.75, 3.05) is 22.0 Å². The molecule has 0 heterocycles. The molecule has 2 N–H and O–H groups in total. The zero-order valence-electron chi connectivity index (χ0n) is 10.00. The summed E-state index contributed by atoms with van der Waals surface area (Å²) in [5.41, 5.74) is -0.653. The van der Waals surface area contributed by atoms with E-state index in [2.05, 4.69) is 4.72 Å². The Morgan fingerprint density at radius 3 is 2.00 bits per heavy atom. The summed E-state index contributed by atoms with van der Waals surface area (Å²) in [5, 5.41) is 10.8. The largest absolute Gasteiger partial charge is 0.545 e. The fraction of sp³-hybridized carbons (Fsp3) is 0.222. The van der Waals surface area contributed by atoms with E-state index in [0.29, 0.717) is 0 Å². The van der Waals surface area contributed by atoms with Gasteiger partial charge in [-0.15, -0.1) is 0 Å². The van der Waals surface area contributed by atoms with Crippen LogP contribution >= 0.6 is 0 Å². The second-order valence-electron chi connectivity index (χ2n) is 3.80. The predicted molar refractivity (Wildman–Crippen MR) is 67.7 cm³/mol. The summed E-state index contributed by atoms with van der Waals surface area (Å²) >= 11 is 0. The fourth-order valence-electron chi connectivity index (χ4n) is 1.28. The first-order valence-corrected chi connectivity index (χ1v) is 8.57. The molecule has 0 aliphatic rings. The van der Waals surface area contributed by atoms with Crippen LogP contribution in [0.25, 0.3) is 0 Å². The van der Waals surface area contributed by atoms with Gasteiger partial charge in [0.15, 0.2) is 0 Å². The van der Waals surface area contributed by atoms with Gasteiger partial charge in [0.2, 0.25) is 20.0 Å². The van der Waals surface area contributed by atoms with Crippen molar-refractivity contribution in [3.05, 3.63) is 23.8 Å². The Kier molecular flexibility index (Phi) is 4.06. The normalized spacial score (nSPS) is 11.9. The molecule has 0 atom stereocenters. The standard InChI is InChI=1S/C9H12N2O6S2/c1-18(14,15)10-6-3-4-7(9(12)13)8(5-6)11-19(2,16)17/h3-5,10-11H,1-2H3,(H,12,13)/p-1. The molecule has 0 amide bonds. The number of carboxylic acid groups (broad SMARTS) is 1. The fourth-order valence-corrected chi connectivity index (χ4v) is 2.41. The molecule has 19 heavy (non-hydrogen) atoms. The van der Waals surface area contributed by atoms with Gasteiger partial charge in [0, 0.05) is 5.56 Å². The first kappa shape index (κ1) is 15.2. The topological polar surface area (TPSA) is 132 Å². The van der Waals surface area contributed by atoms with E-state index in [9.17, 15) is 26.7 Å². The zero-order chi connectivity index (χ0) is 14.8. The van der Waals surface area contributed by atoms with Crippen LogP contribution in [0.3, 0.4) is 0 Å². The zero-order valence-corrected chi connectivity index (χ0v) is 11.6. The number of hydrogen-bond donors (Lipinski definition) is 2. The van der Waals surface area contributed by atoms with Gasteiger partial charge in [-0.1, -0.05) is 0 Å². The molecule has 0 spiro atoms. The van der Waals surface area contributed by atoms with Crippen LogP contribution < -0.4 is 14.6 Å². The van der Waals surface area contributed by atoms with Crippen molar-refractivity contribution in [1.82, 2.24) is 0 Å². The number of benzene rings is 1. The van der Waals surface area contributed by atoms with Gasteiger partial charge in [0.25, 0.3) is 0 Å². The Labute approximate surface area is 110 Å². The monoisotopic (exact) mass is 307 g/mol. The molecule has 0 unspecified atom stereocenters. The van der Waals surface area contributed by atoms with Crippen molar-refractivity contribution in [1.29, 1.82) is 0 Å². The van der Waals surface area contributed by atoms with Gasteiger partial charge in [-0.3, -0.25) is 9.44 Å². The first-order chi connectivity index (χ1) is 8.48. The molecule has 0 fully saturated rings. The number of nitrogens with one attached hydrogen (secondary N) is 2. The van der Waals surface area contributed by atoms with Gasteiger partial charge in [-0.05, 0) is 18.2 Å². The minimum Gasteiger partial charge on any atom is -0.545 e. The van der Waals surface area contributed by atoms with Gasteiger partial charge >= 0.3 is 0 Å². The Balaban J connectivity index is 3.30. The second kappa shape index (κ2) is 5.05. The highest BCUT2D eigenvalue weighted by Gasteiger charge is 2.11. The third-order valence-corrected chi connectivity index (χ3v) is 3.04. The van der Waals surface area contributed by atoms with Crippen LogP contribution in [0.2, 0.25) is 0 Å². The summed E-state index contributed by atoms with van der Waals surface area (Å²) in [6, 6.07) is 3.27. The third-order valence-electron chi connectivity index (χ3n) is 1.84. The lowest BCUT2D eigenvalue weighted by atomic mass is 10.1. The average Bonchev–Trinajstić information content (AvgIpc) is 2.11. The molecule has 0 saturated heterocycles. The third kappa shape index (κ3) is 5.14. The Morgan fingerprint density at radius 2 is 1.58 bits per heavy atom. The van der Waals surface area contributed by atoms with Crippen LogP contribution in [0.1, 0.15) is 10.4 Å². The molecule has 0 aliphatic carbocycles. The van der Waals surface area contributed by atoms with E-state index in [1.165, 1.54) is 6.07 Å². The Bertz CT molecular complexity index is 708. The first-order valence-electron chi connectivity index (χ1n) is 4.79. The predicted octanol–water partition coefficient (Wildman–Crippen LogP) is -1.21. The minimum absolute atomic E-state index is 0.0265. The van der Waals surface area contributed by atoms with E-state index < -0.39 is 31.6 Å². The van der Waals surface area contributed by atoms with Crippen LogP contribution in [-0.2, 0) is 20.0 Å². The average molecular weight is 307 g/mol. The Hall–Kier alpha value is -1.81. The van der Waals surface area contributed by atoms with Crippen molar-refractivity contribution in [2.45, 2.75) is 0 Å². The molecule has 0 saturated carbocycles. The molecule has 0 aromatic heterocycles. The number of carbonyl (C=O) groups excluding carboxylic acids is 1. The highest BCUT2D eigenvalue weighted by Crippen LogP contribution is 2.22. The van der Waals surface area contributed by atoms with Crippen LogP contribution in [0.4, 0.5) is 11.4 Å². The van der Waals surface area contributed by atoms with Crippen molar-refractivity contribution >= 4 is 37.4 Å². The van der Waals surface area contributed by atoms with E-state index in [0.717, 1.165) is 24.6 Å². The maximum Gasteiger partial charge on any atom is 0.229 e. The number of sulfonamides is 2. The van der Waals surface area contributed by atoms with Crippen LogP contribution in [0.5, 0.6) is 0 Å². The quantitative estimate of drug-likeness (QED) is 0.701. The summed E-state index contributed by atoms with van der Waals surface area (Å²) in [4.78, 5) is 10.8. The van der Waals surface area contributed by atoms with Crippen molar-refractivity contribution in [3.63, 3.8) is 0 Å². The van der Waals surface area contributed by atoms with E-state index in [4.69, 9.17) is 0 Å². The van der Waals surface area contributed by atoms with Crippen LogP contribution in [0, 0.1) is 0 Å². The Morgan fingerprint density at radius 1 is 1.05 bits per heavy atom. The van der Waals surface area contributed by atoms with Gasteiger partial charge < -0.3 is 9.90 Å². The summed E-state index contributed by atoms with van der Waals surface area (Å²) < 4.78 is 48.4. The molecule has 1 aromatic carbocycles. The lowest BCUT2D eigenvalue weighted by Crippen LogP contribution is -2.25. The molecule has 0 aliphatic heterocycles. The number of aromatic carboxylic acids is 1. The highest BCUT2D eigenvalue weighted by molar-refractivity contribution is 7.92. The summed E-state index contributed by atoms with van der Waals surface area (Å²) in [7, 11) is -7.27. The molecule has 106 valence electrons. The molecule has 0 bridgehead atoms. The van der Waals surface area contributed by atoms with Crippen LogP contribution in [0.15, 0.2) is 18.2 Å². The summed E-state index contributed by atoms with van der Waals surface area (Å²) in [6.45, 7) is 0. The summed E-state index contributed by atoms with van der Waals surface area (Å²) in [6.07, 6.45) is 1.74. The number of hydrogen-bond acceptors (Lipinski definition) is 6. The number of carboxylic acids is 1.